The van der Waals surface area contributed by atoms with Crippen LogP contribution in [0.5, 0.6) is 0 Å². The summed E-state index contributed by atoms with van der Waals surface area (Å²) in [5.74, 6) is 2.49. The van der Waals surface area contributed by atoms with E-state index in [1.807, 2.05) is 13.0 Å². The molecule has 3 N–H and O–H groups in total. The summed E-state index contributed by atoms with van der Waals surface area (Å²) in [4.78, 5) is 8.75. The minimum absolute atomic E-state index is 0.205. The van der Waals surface area contributed by atoms with E-state index in [9.17, 15) is 0 Å². The number of aromatic nitrogens is 2. The van der Waals surface area contributed by atoms with E-state index < -0.39 is 0 Å². The first-order chi connectivity index (χ1) is 9.28. The van der Waals surface area contributed by atoms with Crippen LogP contribution in [0.4, 0.5) is 11.6 Å². The molecule has 1 fully saturated rings. The Kier molecular flexibility index (Phi) is 5.35. The van der Waals surface area contributed by atoms with E-state index in [4.69, 9.17) is 4.74 Å². The maximum absolute atomic E-state index is 5.64. The Morgan fingerprint density at radius 1 is 1.37 bits per heavy atom. The fourth-order valence-electron chi connectivity index (χ4n) is 1.97. The smallest absolute Gasteiger partial charge is 0.131 e. The lowest BCUT2D eigenvalue weighted by Gasteiger charge is -2.24. The van der Waals surface area contributed by atoms with Crippen molar-refractivity contribution in [3.8, 4) is 0 Å². The molecule has 0 radical (unpaired) electrons. The van der Waals surface area contributed by atoms with Crippen molar-refractivity contribution in [1.82, 2.24) is 15.3 Å². The highest BCUT2D eigenvalue weighted by atomic mass is 16.5. The third-order valence-electron chi connectivity index (χ3n) is 2.91. The number of ether oxygens (including phenoxy) is 1. The van der Waals surface area contributed by atoms with E-state index in [0.29, 0.717) is 0 Å². The predicted octanol–water partition coefficient (Wildman–Crippen LogP) is 1.01. The minimum Gasteiger partial charge on any atom is -0.374 e. The van der Waals surface area contributed by atoms with Gasteiger partial charge in [-0.3, -0.25) is 0 Å². The summed E-state index contributed by atoms with van der Waals surface area (Å²) in [6.07, 6.45) is 1.28. The number of rotatable bonds is 6. The van der Waals surface area contributed by atoms with Crippen molar-refractivity contribution in [2.75, 3.05) is 43.4 Å². The molecule has 1 aliphatic heterocycles. The number of aryl methyl sites for hydroxylation is 1. The van der Waals surface area contributed by atoms with Crippen molar-refractivity contribution in [3.05, 3.63) is 11.9 Å². The van der Waals surface area contributed by atoms with Crippen molar-refractivity contribution in [2.24, 2.45) is 0 Å². The lowest BCUT2D eigenvalue weighted by molar-refractivity contribution is 0.0372. The third-order valence-corrected chi connectivity index (χ3v) is 2.91. The SMILES string of the molecule is CCCNc1cc(NCC2CNCCO2)nc(C)n1. The van der Waals surface area contributed by atoms with Gasteiger partial charge in [0.05, 0.1) is 12.7 Å². The van der Waals surface area contributed by atoms with Gasteiger partial charge in [0.1, 0.15) is 17.5 Å². The largest absolute Gasteiger partial charge is 0.374 e. The lowest BCUT2D eigenvalue weighted by Crippen LogP contribution is -2.42. The monoisotopic (exact) mass is 265 g/mol. The predicted molar refractivity (Wildman–Crippen MR) is 76.6 cm³/mol. The van der Waals surface area contributed by atoms with Crippen LogP contribution >= 0.6 is 0 Å². The van der Waals surface area contributed by atoms with Gasteiger partial charge in [-0.2, -0.15) is 0 Å². The highest BCUT2D eigenvalue weighted by Gasteiger charge is 2.13. The number of morpholine rings is 1. The van der Waals surface area contributed by atoms with Crippen LogP contribution in [0, 0.1) is 6.92 Å². The number of hydrogen-bond acceptors (Lipinski definition) is 6. The molecule has 1 aromatic rings. The van der Waals surface area contributed by atoms with E-state index in [1.54, 1.807) is 0 Å². The Hall–Kier alpha value is -1.40. The molecule has 19 heavy (non-hydrogen) atoms. The van der Waals surface area contributed by atoms with Gasteiger partial charge in [0, 0.05) is 32.2 Å². The first kappa shape index (κ1) is 14.0. The topological polar surface area (TPSA) is 71.1 Å². The average Bonchev–Trinajstić information content (AvgIpc) is 2.43. The second-order valence-corrected chi connectivity index (χ2v) is 4.69. The third kappa shape index (κ3) is 4.65. The molecule has 1 aromatic heterocycles. The van der Waals surface area contributed by atoms with Gasteiger partial charge in [0.2, 0.25) is 0 Å². The van der Waals surface area contributed by atoms with E-state index in [-0.39, 0.29) is 6.10 Å². The molecule has 0 aromatic carbocycles. The molecule has 0 aliphatic carbocycles. The van der Waals surface area contributed by atoms with Crippen LogP contribution in [-0.2, 0) is 4.74 Å². The van der Waals surface area contributed by atoms with Crippen molar-refractivity contribution < 1.29 is 4.74 Å². The number of nitrogens with zero attached hydrogens (tertiary/aromatic N) is 2. The second kappa shape index (κ2) is 7.25. The molecule has 0 amide bonds. The molecule has 1 aliphatic rings. The summed E-state index contributed by atoms with van der Waals surface area (Å²) in [6, 6.07) is 1.94. The zero-order valence-electron chi connectivity index (χ0n) is 11.7. The normalized spacial score (nSPS) is 19.2. The first-order valence-electron chi connectivity index (χ1n) is 6.93. The fraction of sp³-hybridized carbons (Fsp3) is 0.692. The summed E-state index contributed by atoms with van der Waals surface area (Å²) in [7, 11) is 0. The molecule has 6 heteroatoms. The molecule has 6 nitrogen and oxygen atoms in total. The summed E-state index contributed by atoms with van der Waals surface area (Å²) in [5, 5.41) is 9.91. The van der Waals surface area contributed by atoms with Gasteiger partial charge in [0.15, 0.2) is 0 Å². The summed E-state index contributed by atoms with van der Waals surface area (Å²) in [5.41, 5.74) is 0. The van der Waals surface area contributed by atoms with E-state index in [2.05, 4.69) is 32.8 Å². The lowest BCUT2D eigenvalue weighted by atomic mass is 10.3. The van der Waals surface area contributed by atoms with E-state index >= 15 is 0 Å². The summed E-state index contributed by atoms with van der Waals surface area (Å²) < 4.78 is 5.64. The molecule has 0 spiro atoms. The zero-order chi connectivity index (χ0) is 13.5. The van der Waals surface area contributed by atoms with E-state index in [0.717, 1.165) is 56.7 Å². The Morgan fingerprint density at radius 2 is 2.16 bits per heavy atom. The molecule has 106 valence electrons. The van der Waals surface area contributed by atoms with Gasteiger partial charge in [-0.05, 0) is 13.3 Å². The van der Waals surface area contributed by atoms with Gasteiger partial charge in [-0.15, -0.1) is 0 Å². The Labute approximate surface area is 114 Å². The van der Waals surface area contributed by atoms with Crippen LogP contribution in [0.3, 0.4) is 0 Å². The Balaban J connectivity index is 1.89. The average molecular weight is 265 g/mol. The molecule has 1 unspecified atom stereocenters. The molecule has 2 rings (SSSR count). The maximum atomic E-state index is 5.64. The zero-order valence-corrected chi connectivity index (χ0v) is 11.7. The molecular formula is C13H23N5O. The van der Waals surface area contributed by atoms with Crippen molar-refractivity contribution in [2.45, 2.75) is 26.4 Å². The molecular weight excluding hydrogens is 242 g/mol. The number of nitrogens with one attached hydrogen (secondary N) is 3. The Morgan fingerprint density at radius 3 is 2.84 bits per heavy atom. The van der Waals surface area contributed by atoms with Crippen molar-refractivity contribution in [1.29, 1.82) is 0 Å². The molecule has 0 saturated carbocycles. The van der Waals surface area contributed by atoms with Crippen LogP contribution in [0.15, 0.2) is 6.07 Å². The summed E-state index contributed by atoms with van der Waals surface area (Å²) in [6.45, 7) is 8.32. The van der Waals surface area contributed by atoms with E-state index in [1.165, 1.54) is 0 Å². The quantitative estimate of drug-likeness (QED) is 0.713. The standard InChI is InChI=1S/C13H23N5O/c1-3-4-15-12-7-13(18-10(2)17-12)16-9-11-8-14-5-6-19-11/h7,11,14H,3-6,8-9H2,1-2H3,(H2,15,16,17,18). The van der Waals surface area contributed by atoms with Gasteiger partial charge in [-0.25, -0.2) is 9.97 Å². The van der Waals surface area contributed by atoms with Crippen LogP contribution in [0.2, 0.25) is 0 Å². The van der Waals surface area contributed by atoms with Crippen LogP contribution in [-0.4, -0.2) is 48.9 Å². The number of anilines is 2. The van der Waals surface area contributed by atoms with Crippen molar-refractivity contribution >= 4 is 11.6 Å². The van der Waals surface area contributed by atoms with Crippen LogP contribution in [0.1, 0.15) is 19.2 Å². The molecule has 1 saturated heterocycles. The Bertz CT molecular complexity index is 393. The van der Waals surface area contributed by atoms with Crippen LogP contribution < -0.4 is 16.0 Å². The van der Waals surface area contributed by atoms with Gasteiger partial charge >= 0.3 is 0 Å². The molecule has 0 bridgehead atoms. The maximum Gasteiger partial charge on any atom is 0.131 e. The van der Waals surface area contributed by atoms with Gasteiger partial charge < -0.3 is 20.7 Å². The second-order valence-electron chi connectivity index (χ2n) is 4.69. The highest BCUT2D eigenvalue weighted by Crippen LogP contribution is 2.11. The molecule has 1 atom stereocenters. The molecule has 2 heterocycles. The minimum atomic E-state index is 0.205. The summed E-state index contributed by atoms with van der Waals surface area (Å²) >= 11 is 0. The van der Waals surface area contributed by atoms with Crippen LogP contribution in [0.25, 0.3) is 0 Å². The van der Waals surface area contributed by atoms with Crippen molar-refractivity contribution in [3.63, 3.8) is 0 Å². The highest BCUT2D eigenvalue weighted by molar-refractivity contribution is 5.47. The number of hydrogen-bond donors (Lipinski definition) is 3. The van der Waals surface area contributed by atoms with Gasteiger partial charge in [0.25, 0.3) is 0 Å². The fourth-order valence-corrected chi connectivity index (χ4v) is 1.97. The van der Waals surface area contributed by atoms with Gasteiger partial charge in [-0.1, -0.05) is 6.92 Å². The first-order valence-corrected chi connectivity index (χ1v) is 6.93.